The summed E-state index contributed by atoms with van der Waals surface area (Å²) in [6.45, 7) is 2.18. The van der Waals surface area contributed by atoms with Crippen LogP contribution in [-0.4, -0.2) is 16.1 Å². The van der Waals surface area contributed by atoms with Crippen molar-refractivity contribution in [1.82, 2.24) is 15.8 Å². The summed E-state index contributed by atoms with van der Waals surface area (Å²) in [5.74, 6) is 0.0354. The van der Waals surface area contributed by atoms with Gasteiger partial charge in [0.1, 0.15) is 5.82 Å². The topological polar surface area (TPSA) is 98.6 Å². The van der Waals surface area contributed by atoms with E-state index in [0.717, 1.165) is 11.1 Å². The van der Waals surface area contributed by atoms with Crippen molar-refractivity contribution < 1.29 is 13.9 Å². The Morgan fingerprint density at radius 3 is 2.52 bits per heavy atom. The highest BCUT2D eigenvalue weighted by Gasteiger charge is 2.14. The summed E-state index contributed by atoms with van der Waals surface area (Å²) in [7, 11) is 0. The molecule has 0 saturated carbocycles. The average Bonchev–Trinajstić information content (AvgIpc) is 3.03. The number of rotatable bonds is 5. The molecule has 0 bridgehead atoms. The number of anilines is 1. The van der Waals surface area contributed by atoms with Crippen LogP contribution in [0.1, 0.15) is 16.8 Å². The zero-order valence-corrected chi connectivity index (χ0v) is 13.4. The number of hydrogen-bond acceptors (Lipinski definition) is 6. The van der Waals surface area contributed by atoms with Gasteiger partial charge in [-0.2, -0.15) is 0 Å². The van der Waals surface area contributed by atoms with Gasteiger partial charge in [0.2, 0.25) is 0 Å². The Kier molecular flexibility index (Phi) is 5.00. The van der Waals surface area contributed by atoms with Gasteiger partial charge in [-0.25, -0.2) is 19.5 Å². The Morgan fingerprint density at radius 1 is 1.16 bits per heavy atom. The number of nitrogens with one attached hydrogen (secondary N) is 1. The van der Waals surface area contributed by atoms with E-state index in [1.165, 1.54) is 12.1 Å². The number of nitrogen functional groups attached to an aromatic ring is 1. The first-order chi connectivity index (χ1) is 12.1. The van der Waals surface area contributed by atoms with E-state index in [2.05, 4.69) is 25.4 Å². The SMILES string of the molecule is Cc1ccc(N=C(NOCc2ccc(F)cc2)c2nonc2N)cc1. The Morgan fingerprint density at radius 2 is 1.88 bits per heavy atom. The molecule has 0 spiro atoms. The summed E-state index contributed by atoms with van der Waals surface area (Å²) in [6, 6.07) is 13.5. The molecule has 7 nitrogen and oxygen atoms in total. The summed E-state index contributed by atoms with van der Waals surface area (Å²) in [6.07, 6.45) is 0. The summed E-state index contributed by atoms with van der Waals surface area (Å²) >= 11 is 0. The zero-order chi connectivity index (χ0) is 17.6. The van der Waals surface area contributed by atoms with Gasteiger partial charge in [0.15, 0.2) is 17.3 Å². The van der Waals surface area contributed by atoms with Crippen LogP contribution in [0.3, 0.4) is 0 Å². The second-order valence-corrected chi connectivity index (χ2v) is 5.31. The molecule has 3 rings (SSSR count). The lowest BCUT2D eigenvalue weighted by Gasteiger charge is -2.08. The molecule has 2 aromatic carbocycles. The van der Waals surface area contributed by atoms with E-state index in [0.29, 0.717) is 5.69 Å². The third-order valence-electron chi connectivity index (χ3n) is 3.33. The van der Waals surface area contributed by atoms with Crippen LogP contribution in [0, 0.1) is 12.7 Å². The molecule has 0 saturated heterocycles. The van der Waals surface area contributed by atoms with Crippen molar-refractivity contribution in [2.45, 2.75) is 13.5 Å². The Balaban J connectivity index is 1.76. The van der Waals surface area contributed by atoms with Gasteiger partial charge in [-0.3, -0.25) is 4.84 Å². The molecule has 0 amide bonds. The third kappa shape index (κ3) is 4.39. The van der Waals surface area contributed by atoms with Crippen LogP contribution in [-0.2, 0) is 11.4 Å². The molecule has 128 valence electrons. The maximum absolute atomic E-state index is 12.9. The van der Waals surface area contributed by atoms with E-state index >= 15 is 0 Å². The van der Waals surface area contributed by atoms with Crippen molar-refractivity contribution in [1.29, 1.82) is 0 Å². The van der Waals surface area contributed by atoms with Gasteiger partial charge in [-0.1, -0.05) is 29.8 Å². The van der Waals surface area contributed by atoms with Gasteiger partial charge in [-0.05, 0) is 47.1 Å². The second-order valence-electron chi connectivity index (χ2n) is 5.31. The summed E-state index contributed by atoms with van der Waals surface area (Å²) in [4.78, 5) is 9.85. The Bertz CT molecular complexity index is 860. The van der Waals surface area contributed by atoms with E-state index in [9.17, 15) is 4.39 Å². The monoisotopic (exact) mass is 341 g/mol. The second kappa shape index (κ2) is 7.54. The first kappa shape index (κ1) is 16.6. The molecule has 3 N–H and O–H groups in total. The van der Waals surface area contributed by atoms with Crippen LogP contribution in [0.25, 0.3) is 0 Å². The molecular formula is C17H16FN5O2. The lowest BCUT2D eigenvalue weighted by atomic mass is 10.2. The van der Waals surface area contributed by atoms with Gasteiger partial charge >= 0.3 is 0 Å². The van der Waals surface area contributed by atoms with Crippen molar-refractivity contribution >= 4 is 17.3 Å². The molecule has 0 aliphatic carbocycles. The standard InChI is InChI=1S/C17H16FN5O2/c1-11-2-8-14(9-3-11)20-17(15-16(19)22-25-21-15)23-24-10-12-4-6-13(18)7-5-12/h2-9H,10H2,1H3,(H2,19,22)(H,20,23). The van der Waals surface area contributed by atoms with Crippen molar-refractivity contribution in [2.24, 2.45) is 4.99 Å². The van der Waals surface area contributed by atoms with Gasteiger partial charge in [0.05, 0.1) is 12.3 Å². The molecule has 25 heavy (non-hydrogen) atoms. The van der Waals surface area contributed by atoms with Crippen molar-refractivity contribution in [3.63, 3.8) is 0 Å². The molecule has 0 atom stereocenters. The fraction of sp³-hybridized carbons (Fsp3) is 0.118. The summed E-state index contributed by atoms with van der Waals surface area (Å²) < 4.78 is 17.5. The van der Waals surface area contributed by atoms with Gasteiger partial charge < -0.3 is 5.73 Å². The highest BCUT2D eigenvalue weighted by atomic mass is 19.1. The molecule has 1 heterocycles. The molecule has 8 heteroatoms. The number of halogens is 1. The normalized spacial score (nSPS) is 11.5. The van der Waals surface area contributed by atoms with Gasteiger partial charge in [-0.15, -0.1) is 0 Å². The number of nitrogens with zero attached hydrogens (tertiary/aromatic N) is 3. The van der Waals surface area contributed by atoms with Crippen LogP contribution in [0.2, 0.25) is 0 Å². The molecule has 0 aliphatic rings. The van der Waals surface area contributed by atoms with Crippen molar-refractivity contribution in [2.75, 3.05) is 5.73 Å². The Labute approximate surface area is 143 Å². The van der Waals surface area contributed by atoms with Crippen LogP contribution in [0.15, 0.2) is 58.2 Å². The van der Waals surface area contributed by atoms with E-state index in [-0.39, 0.29) is 29.8 Å². The first-order valence-corrected chi connectivity index (χ1v) is 7.48. The van der Waals surface area contributed by atoms with Crippen molar-refractivity contribution in [3.05, 3.63) is 71.2 Å². The number of amidine groups is 1. The lowest BCUT2D eigenvalue weighted by molar-refractivity contribution is 0.0713. The summed E-state index contributed by atoms with van der Waals surface area (Å²) in [5.41, 5.74) is 11.3. The van der Waals surface area contributed by atoms with Crippen LogP contribution in [0.4, 0.5) is 15.9 Å². The zero-order valence-electron chi connectivity index (χ0n) is 13.4. The highest BCUT2D eigenvalue weighted by molar-refractivity contribution is 6.01. The minimum Gasteiger partial charge on any atom is -0.379 e. The van der Waals surface area contributed by atoms with Crippen LogP contribution < -0.4 is 11.2 Å². The molecule has 0 fully saturated rings. The number of benzene rings is 2. The van der Waals surface area contributed by atoms with E-state index in [1.807, 2.05) is 31.2 Å². The minimum absolute atomic E-state index is 0.0868. The number of nitrogens with two attached hydrogens (primary N) is 1. The van der Waals surface area contributed by atoms with Crippen LogP contribution in [0.5, 0.6) is 0 Å². The fourth-order valence-electron chi connectivity index (χ4n) is 2.00. The molecule has 0 radical (unpaired) electrons. The lowest BCUT2D eigenvalue weighted by Crippen LogP contribution is -2.25. The largest absolute Gasteiger partial charge is 0.379 e. The first-order valence-electron chi connectivity index (χ1n) is 7.48. The third-order valence-corrected chi connectivity index (χ3v) is 3.33. The van der Waals surface area contributed by atoms with Crippen LogP contribution >= 0.6 is 0 Å². The smallest absolute Gasteiger partial charge is 0.199 e. The maximum Gasteiger partial charge on any atom is 0.199 e. The molecule has 3 aromatic rings. The van der Waals surface area contributed by atoms with E-state index in [4.69, 9.17) is 10.6 Å². The van der Waals surface area contributed by atoms with E-state index < -0.39 is 0 Å². The number of aromatic nitrogens is 2. The maximum atomic E-state index is 12.9. The number of aryl methyl sites for hydroxylation is 1. The Hall–Kier alpha value is -3.26. The minimum atomic E-state index is -0.306. The predicted octanol–water partition coefficient (Wildman–Crippen LogP) is 2.90. The number of aliphatic imine (C=N–C) groups is 1. The highest BCUT2D eigenvalue weighted by Crippen LogP contribution is 2.15. The van der Waals surface area contributed by atoms with E-state index in [1.54, 1.807) is 12.1 Å². The quantitative estimate of drug-likeness (QED) is 0.421. The molecule has 1 aromatic heterocycles. The molecule has 0 unspecified atom stereocenters. The predicted molar refractivity (Wildman–Crippen MR) is 90.4 cm³/mol. The fourth-order valence-corrected chi connectivity index (χ4v) is 2.00. The average molecular weight is 341 g/mol. The molecule has 0 aliphatic heterocycles. The number of hydrogen-bond donors (Lipinski definition) is 2. The molecular weight excluding hydrogens is 325 g/mol. The number of hydroxylamine groups is 1. The van der Waals surface area contributed by atoms with Gasteiger partial charge in [0, 0.05) is 0 Å². The summed E-state index contributed by atoms with van der Waals surface area (Å²) in [5, 5.41) is 7.28. The van der Waals surface area contributed by atoms with Gasteiger partial charge in [0.25, 0.3) is 0 Å². The van der Waals surface area contributed by atoms with Crippen molar-refractivity contribution in [3.8, 4) is 0 Å².